The monoisotopic (exact) mass is 410 g/mol. The fraction of sp³-hybridized carbons (Fsp3) is 0.417. The van der Waals surface area contributed by atoms with Crippen LogP contribution < -0.4 is 14.8 Å². The molecule has 3 rings (SSSR count). The molecule has 2 atom stereocenters. The molecule has 0 spiro atoms. The Hall–Kier alpha value is -3.02. The molecule has 2 amide bonds. The first-order valence-corrected chi connectivity index (χ1v) is 10.5. The molecular weight excluding hydrogens is 380 g/mol. The quantitative estimate of drug-likeness (QED) is 0.699. The highest BCUT2D eigenvalue weighted by atomic mass is 16.5. The van der Waals surface area contributed by atoms with Crippen molar-refractivity contribution >= 4 is 17.5 Å². The molecule has 160 valence electrons. The number of anilines is 1. The van der Waals surface area contributed by atoms with E-state index in [0.717, 1.165) is 24.2 Å². The van der Waals surface area contributed by atoms with Crippen LogP contribution in [0.1, 0.15) is 44.2 Å². The van der Waals surface area contributed by atoms with E-state index in [2.05, 4.69) is 12.2 Å². The van der Waals surface area contributed by atoms with Gasteiger partial charge in [0.2, 0.25) is 11.8 Å². The highest BCUT2D eigenvalue weighted by Crippen LogP contribution is 2.41. The summed E-state index contributed by atoms with van der Waals surface area (Å²) in [5.41, 5.74) is 1.58. The van der Waals surface area contributed by atoms with Gasteiger partial charge in [-0.2, -0.15) is 0 Å². The SMILES string of the molecule is CCCCN1C(=O)CC[C@H](C(=O)Nc2ccc(OC)cc2)[C@@H]1c1ccccc1OC. The number of unbranched alkanes of at least 4 members (excludes halogenated alkanes) is 1. The van der Waals surface area contributed by atoms with E-state index >= 15 is 0 Å². The zero-order chi connectivity index (χ0) is 21.5. The zero-order valence-corrected chi connectivity index (χ0v) is 17.9. The molecule has 2 aromatic carbocycles. The number of amides is 2. The number of hydrogen-bond donors (Lipinski definition) is 1. The summed E-state index contributed by atoms with van der Waals surface area (Å²) in [6.07, 6.45) is 2.75. The summed E-state index contributed by atoms with van der Waals surface area (Å²) >= 11 is 0. The van der Waals surface area contributed by atoms with Crippen LogP contribution in [0.2, 0.25) is 0 Å². The molecule has 1 aliphatic heterocycles. The molecule has 1 fully saturated rings. The van der Waals surface area contributed by atoms with E-state index in [1.54, 1.807) is 14.2 Å². The van der Waals surface area contributed by atoms with Gasteiger partial charge in [-0.25, -0.2) is 0 Å². The number of benzene rings is 2. The van der Waals surface area contributed by atoms with Crippen LogP contribution in [-0.2, 0) is 9.59 Å². The summed E-state index contributed by atoms with van der Waals surface area (Å²) in [5, 5.41) is 3.02. The summed E-state index contributed by atoms with van der Waals surface area (Å²) in [6.45, 7) is 2.73. The number of para-hydroxylation sites is 1. The predicted molar refractivity (Wildman–Crippen MR) is 117 cm³/mol. The standard InChI is InChI=1S/C24H30N2O4/c1-4-5-16-26-22(27)15-14-20(23(26)19-8-6-7-9-21(19)30-3)24(28)25-17-10-12-18(29-2)13-11-17/h6-13,20,23H,4-5,14-16H2,1-3H3,(H,25,28)/t20-,23-/m0/s1. The van der Waals surface area contributed by atoms with Gasteiger partial charge in [-0.1, -0.05) is 31.5 Å². The second kappa shape index (κ2) is 10.1. The number of methoxy groups -OCH3 is 2. The molecule has 1 heterocycles. The molecule has 0 aliphatic carbocycles. The van der Waals surface area contributed by atoms with Crippen LogP contribution in [0.25, 0.3) is 0 Å². The van der Waals surface area contributed by atoms with E-state index in [1.165, 1.54) is 0 Å². The number of piperidine rings is 1. The number of ether oxygens (including phenoxy) is 2. The first-order valence-electron chi connectivity index (χ1n) is 10.5. The van der Waals surface area contributed by atoms with Crippen LogP contribution in [0.5, 0.6) is 11.5 Å². The van der Waals surface area contributed by atoms with E-state index in [-0.39, 0.29) is 23.8 Å². The van der Waals surface area contributed by atoms with Crippen LogP contribution in [0.4, 0.5) is 5.69 Å². The third-order valence-electron chi connectivity index (χ3n) is 5.61. The molecule has 1 saturated heterocycles. The summed E-state index contributed by atoms with van der Waals surface area (Å²) in [6, 6.07) is 14.6. The van der Waals surface area contributed by atoms with Gasteiger partial charge in [-0.15, -0.1) is 0 Å². The summed E-state index contributed by atoms with van der Waals surface area (Å²) < 4.78 is 10.8. The number of rotatable bonds is 8. The summed E-state index contributed by atoms with van der Waals surface area (Å²) in [7, 11) is 3.22. The molecule has 0 bridgehead atoms. The van der Waals surface area contributed by atoms with E-state index in [4.69, 9.17) is 9.47 Å². The zero-order valence-electron chi connectivity index (χ0n) is 17.9. The smallest absolute Gasteiger partial charge is 0.229 e. The van der Waals surface area contributed by atoms with Crippen LogP contribution in [0, 0.1) is 5.92 Å². The molecule has 6 heteroatoms. The minimum atomic E-state index is -0.363. The van der Waals surface area contributed by atoms with Gasteiger partial charge in [0.1, 0.15) is 11.5 Å². The Morgan fingerprint density at radius 3 is 2.50 bits per heavy atom. The Morgan fingerprint density at radius 2 is 1.83 bits per heavy atom. The lowest BCUT2D eigenvalue weighted by molar-refractivity contribution is -0.142. The van der Waals surface area contributed by atoms with Gasteiger partial charge in [0.15, 0.2) is 0 Å². The summed E-state index contributed by atoms with van der Waals surface area (Å²) in [5.74, 6) is 1.06. The lowest BCUT2D eigenvalue weighted by atomic mass is 9.83. The number of nitrogens with one attached hydrogen (secondary N) is 1. The largest absolute Gasteiger partial charge is 0.497 e. The van der Waals surface area contributed by atoms with E-state index in [9.17, 15) is 9.59 Å². The van der Waals surface area contributed by atoms with Crippen molar-refractivity contribution in [1.29, 1.82) is 0 Å². The maximum absolute atomic E-state index is 13.3. The fourth-order valence-electron chi connectivity index (χ4n) is 4.02. The normalized spacial score (nSPS) is 18.8. The third kappa shape index (κ3) is 4.75. The Labute approximate surface area is 178 Å². The van der Waals surface area contributed by atoms with Gasteiger partial charge in [0.05, 0.1) is 26.2 Å². The Bertz CT molecular complexity index is 866. The van der Waals surface area contributed by atoms with Crippen molar-refractivity contribution in [2.24, 2.45) is 5.92 Å². The van der Waals surface area contributed by atoms with Gasteiger partial charge in [0.25, 0.3) is 0 Å². The van der Waals surface area contributed by atoms with Gasteiger partial charge in [-0.3, -0.25) is 9.59 Å². The molecule has 6 nitrogen and oxygen atoms in total. The highest BCUT2D eigenvalue weighted by molar-refractivity contribution is 5.94. The maximum Gasteiger partial charge on any atom is 0.229 e. The third-order valence-corrected chi connectivity index (χ3v) is 5.61. The molecule has 0 saturated carbocycles. The molecule has 0 unspecified atom stereocenters. The highest BCUT2D eigenvalue weighted by Gasteiger charge is 2.41. The van der Waals surface area contributed by atoms with Gasteiger partial charge in [-0.05, 0) is 43.2 Å². The van der Waals surface area contributed by atoms with E-state index < -0.39 is 0 Å². The number of likely N-dealkylation sites (tertiary alicyclic amines) is 1. The van der Waals surface area contributed by atoms with Gasteiger partial charge >= 0.3 is 0 Å². The van der Waals surface area contributed by atoms with Crippen LogP contribution >= 0.6 is 0 Å². The Balaban J connectivity index is 1.92. The minimum Gasteiger partial charge on any atom is -0.497 e. The first-order chi connectivity index (χ1) is 14.6. The molecule has 2 aromatic rings. The van der Waals surface area contributed by atoms with Crippen molar-refractivity contribution in [3.05, 3.63) is 54.1 Å². The van der Waals surface area contributed by atoms with E-state index in [1.807, 2.05) is 53.4 Å². The Kier molecular flexibility index (Phi) is 7.33. The maximum atomic E-state index is 13.3. The number of nitrogens with zero attached hydrogens (tertiary/aromatic N) is 1. The van der Waals surface area contributed by atoms with Crippen molar-refractivity contribution in [3.8, 4) is 11.5 Å². The average Bonchev–Trinajstić information content (AvgIpc) is 2.78. The van der Waals surface area contributed by atoms with Crippen LogP contribution in [0.3, 0.4) is 0 Å². The van der Waals surface area contributed by atoms with Crippen molar-refractivity contribution in [2.45, 2.75) is 38.6 Å². The van der Waals surface area contributed by atoms with Crippen LogP contribution in [0.15, 0.2) is 48.5 Å². The second-order valence-corrected chi connectivity index (χ2v) is 7.49. The topological polar surface area (TPSA) is 67.9 Å². The lowest BCUT2D eigenvalue weighted by Gasteiger charge is -2.41. The van der Waals surface area contributed by atoms with Gasteiger partial charge in [0, 0.05) is 24.2 Å². The number of carbonyl (C=O) groups excluding carboxylic acids is 2. The second-order valence-electron chi connectivity index (χ2n) is 7.49. The minimum absolute atomic E-state index is 0.0906. The number of carbonyl (C=O) groups is 2. The molecule has 0 radical (unpaired) electrons. The summed E-state index contributed by atoms with van der Waals surface area (Å²) in [4.78, 5) is 28.0. The van der Waals surface area contributed by atoms with Crippen LogP contribution in [-0.4, -0.2) is 37.5 Å². The molecule has 1 aliphatic rings. The lowest BCUT2D eigenvalue weighted by Crippen LogP contribution is -2.47. The predicted octanol–water partition coefficient (Wildman–Crippen LogP) is 4.42. The van der Waals surface area contributed by atoms with Crippen molar-refractivity contribution in [1.82, 2.24) is 4.90 Å². The number of hydrogen-bond acceptors (Lipinski definition) is 4. The van der Waals surface area contributed by atoms with E-state index in [0.29, 0.717) is 30.8 Å². The Morgan fingerprint density at radius 1 is 1.10 bits per heavy atom. The van der Waals surface area contributed by atoms with Gasteiger partial charge < -0.3 is 19.7 Å². The average molecular weight is 411 g/mol. The molecular formula is C24H30N2O4. The molecule has 30 heavy (non-hydrogen) atoms. The molecule has 1 N–H and O–H groups in total. The van der Waals surface area contributed by atoms with Crippen molar-refractivity contribution in [2.75, 3.05) is 26.1 Å². The molecule has 0 aromatic heterocycles. The van der Waals surface area contributed by atoms with Crippen molar-refractivity contribution < 1.29 is 19.1 Å². The fourth-order valence-corrected chi connectivity index (χ4v) is 4.02. The van der Waals surface area contributed by atoms with Crippen molar-refractivity contribution in [3.63, 3.8) is 0 Å². The first kappa shape index (κ1) is 21.7.